The summed E-state index contributed by atoms with van der Waals surface area (Å²) in [6.07, 6.45) is 4.24. The van der Waals surface area contributed by atoms with E-state index < -0.39 is 5.60 Å². The molecule has 2 rings (SSSR count). The van der Waals surface area contributed by atoms with E-state index in [9.17, 15) is 4.79 Å². The second-order valence-electron chi connectivity index (χ2n) is 6.34. The van der Waals surface area contributed by atoms with E-state index in [0.29, 0.717) is 5.92 Å². The SMILES string of the molecule is Cc1nccnc1SCC1CCN(C(=O)OC(C)(C)C)C1. The molecule has 116 valence electrons. The number of carbonyl (C=O) groups excluding carboxylic acids is 1. The van der Waals surface area contributed by atoms with Gasteiger partial charge in [-0.25, -0.2) is 9.78 Å². The summed E-state index contributed by atoms with van der Waals surface area (Å²) in [5.41, 5.74) is 0.533. The van der Waals surface area contributed by atoms with Gasteiger partial charge in [0.15, 0.2) is 0 Å². The van der Waals surface area contributed by atoms with E-state index in [1.54, 1.807) is 29.1 Å². The molecule has 1 atom stereocenters. The van der Waals surface area contributed by atoms with Crippen LogP contribution in [-0.2, 0) is 4.74 Å². The van der Waals surface area contributed by atoms with E-state index in [0.717, 1.165) is 36.0 Å². The van der Waals surface area contributed by atoms with Crippen molar-refractivity contribution in [2.75, 3.05) is 18.8 Å². The van der Waals surface area contributed by atoms with Gasteiger partial charge >= 0.3 is 6.09 Å². The van der Waals surface area contributed by atoms with Crippen LogP contribution in [0.4, 0.5) is 4.79 Å². The first-order valence-corrected chi connectivity index (χ1v) is 8.22. The molecule has 0 bridgehead atoms. The highest BCUT2D eigenvalue weighted by Crippen LogP contribution is 2.26. The molecular formula is C15H23N3O2S. The van der Waals surface area contributed by atoms with Gasteiger partial charge in [-0.1, -0.05) is 0 Å². The molecule has 0 spiro atoms. The molecule has 1 saturated heterocycles. The lowest BCUT2D eigenvalue weighted by Crippen LogP contribution is -2.35. The number of carbonyl (C=O) groups is 1. The molecule has 0 saturated carbocycles. The number of amides is 1. The number of aryl methyl sites for hydroxylation is 1. The third-order valence-corrected chi connectivity index (χ3v) is 4.54. The van der Waals surface area contributed by atoms with Crippen LogP contribution in [0, 0.1) is 12.8 Å². The molecule has 1 aliphatic rings. The van der Waals surface area contributed by atoms with Gasteiger partial charge in [0, 0.05) is 31.2 Å². The molecule has 21 heavy (non-hydrogen) atoms. The average Bonchev–Trinajstić information content (AvgIpc) is 2.85. The van der Waals surface area contributed by atoms with Crippen molar-refractivity contribution in [1.82, 2.24) is 14.9 Å². The van der Waals surface area contributed by atoms with Gasteiger partial charge in [-0.3, -0.25) is 4.98 Å². The van der Waals surface area contributed by atoms with Gasteiger partial charge in [0.1, 0.15) is 10.6 Å². The number of rotatable bonds is 3. The fourth-order valence-corrected chi connectivity index (χ4v) is 3.26. The topological polar surface area (TPSA) is 55.3 Å². The van der Waals surface area contributed by atoms with Gasteiger partial charge in [-0.2, -0.15) is 0 Å². The third kappa shape index (κ3) is 4.88. The number of thioether (sulfide) groups is 1. The molecule has 0 N–H and O–H groups in total. The van der Waals surface area contributed by atoms with Gasteiger partial charge in [0.05, 0.1) is 5.69 Å². The van der Waals surface area contributed by atoms with E-state index in [4.69, 9.17) is 4.74 Å². The van der Waals surface area contributed by atoms with Crippen LogP contribution in [0.3, 0.4) is 0 Å². The number of aromatic nitrogens is 2. The fraction of sp³-hybridized carbons (Fsp3) is 0.667. The third-order valence-electron chi connectivity index (χ3n) is 3.23. The van der Waals surface area contributed by atoms with Crippen LogP contribution < -0.4 is 0 Å². The number of likely N-dealkylation sites (tertiary alicyclic amines) is 1. The van der Waals surface area contributed by atoms with Gasteiger partial charge in [-0.05, 0) is 40.0 Å². The number of nitrogens with zero attached hydrogens (tertiary/aromatic N) is 3. The van der Waals surface area contributed by atoms with Gasteiger partial charge in [-0.15, -0.1) is 11.8 Å². The first-order chi connectivity index (χ1) is 9.85. The van der Waals surface area contributed by atoms with E-state index in [1.807, 2.05) is 27.7 Å². The Morgan fingerprint density at radius 3 is 2.81 bits per heavy atom. The number of hydrogen-bond donors (Lipinski definition) is 0. The molecule has 0 aliphatic carbocycles. The van der Waals surface area contributed by atoms with Crippen molar-refractivity contribution in [2.24, 2.45) is 5.92 Å². The summed E-state index contributed by atoms with van der Waals surface area (Å²) < 4.78 is 5.41. The van der Waals surface area contributed by atoms with E-state index in [-0.39, 0.29) is 6.09 Å². The predicted molar refractivity (Wildman–Crippen MR) is 83.4 cm³/mol. The zero-order valence-corrected chi connectivity index (χ0v) is 13.9. The summed E-state index contributed by atoms with van der Waals surface area (Å²) in [6.45, 7) is 9.19. The van der Waals surface area contributed by atoms with Crippen molar-refractivity contribution in [2.45, 2.75) is 44.7 Å². The molecule has 1 aromatic rings. The molecule has 1 aromatic heterocycles. The fourth-order valence-electron chi connectivity index (χ4n) is 2.19. The van der Waals surface area contributed by atoms with E-state index in [2.05, 4.69) is 9.97 Å². The molecule has 0 radical (unpaired) electrons. The highest BCUT2D eigenvalue weighted by atomic mass is 32.2. The molecule has 1 amide bonds. The molecule has 1 fully saturated rings. The second-order valence-corrected chi connectivity index (χ2v) is 7.35. The van der Waals surface area contributed by atoms with Crippen molar-refractivity contribution in [3.8, 4) is 0 Å². The van der Waals surface area contributed by atoms with Crippen molar-refractivity contribution < 1.29 is 9.53 Å². The van der Waals surface area contributed by atoms with Crippen LogP contribution in [0.2, 0.25) is 0 Å². The highest BCUT2D eigenvalue weighted by molar-refractivity contribution is 7.99. The summed E-state index contributed by atoms with van der Waals surface area (Å²) in [4.78, 5) is 22.4. The van der Waals surface area contributed by atoms with E-state index in [1.165, 1.54) is 0 Å². The standard InChI is InChI=1S/C15H23N3O2S/c1-11-13(17-7-6-16-11)21-10-12-5-8-18(9-12)14(19)20-15(2,3)4/h6-7,12H,5,8-10H2,1-4H3. The maximum atomic E-state index is 12.0. The maximum Gasteiger partial charge on any atom is 0.410 e. The van der Waals surface area contributed by atoms with Gasteiger partial charge in [0.2, 0.25) is 0 Å². The maximum absolute atomic E-state index is 12.0. The van der Waals surface area contributed by atoms with Crippen LogP contribution in [0.5, 0.6) is 0 Å². The Morgan fingerprint density at radius 2 is 2.14 bits per heavy atom. The molecule has 1 unspecified atom stereocenters. The summed E-state index contributed by atoms with van der Waals surface area (Å²) >= 11 is 1.72. The average molecular weight is 309 g/mol. The molecule has 2 heterocycles. The zero-order chi connectivity index (χ0) is 15.5. The van der Waals surface area contributed by atoms with E-state index >= 15 is 0 Å². The second kappa shape index (κ2) is 6.64. The monoisotopic (exact) mass is 309 g/mol. The largest absolute Gasteiger partial charge is 0.444 e. The Balaban J connectivity index is 1.80. The Bertz CT molecular complexity index is 502. The minimum absolute atomic E-state index is 0.203. The molecule has 1 aliphatic heterocycles. The van der Waals surface area contributed by atoms with Crippen LogP contribution in [-0.4, -0.2) is 45.4 Å². The zero-order valence-electron chi connectivity index (χ0n) is 13.1. The van der Waals surface area contributed by atoms with Gasteiger partial charge < -0.3 is 9.64 Å². The Morgan fingerprint density at radius 1 is 1.43 bits per heavy atom. The lowest BCUT2D eigenvalue weighted by Gasteiger charge is -2.24. The molecule has 0 aromatic carbocycles. The minimum atomic E-state index is -0.430. The normalized spacial score (nSPS) is 18.9. The predicted octanol–water partition coefficient (Wildman–Crippen LogP) is 3.13. The minimum Gasteiger partial charge on any atom is -0.444 e. The first kappa shape index (κ1) is 16.1. The summed E-state index contributed by atoms with van der Waals surface area (Å²) in [7, 11) is 0. The Labute approximate surface area is 130 Å². The summed E-state index contributed by atoms with van der Waals surface area (Å²) in [5, 5.41) is 0.980. The van der Waals surface area contributed by atoms with Crippen LogP contribution >= 0.6 is 11.8 Å². The van der Waals surface area contributed by atoms with Gasteiger partial charge in [0.25, 0.3) is 0 Å². The smallest absolute Gasteiger partial charge is 0.410 e. The summed E-state index contributed by atoms with van der Waals surface area (Å²) in [5.74, 6) is 1.45. The molecular weight excluding hydrogens is 286 g/mol. The van der Waals surface area contributed by atoms with Crippen molar-refractivity contribution in [1.29, 1.82) is 0 Å². The number of hydrogen-bond acceptors (Lipinski definition) is 5. The Hall–Kier alpha value is -1.30. The highest BCUT2D eigenvalue weighted by Gasteiger charge is 2.29. The lowest BCUT2D eigenvalue weighted by molar-refractivity contribution is 0.0289. The van der Waals surface area contributed by atoms with Crippen LogP contribution in [0.25, 0.3) is 0 Å². The molecule has 6 heteroatoms. The molecule has 5 nitrogen and oxygen atoms in total. The first-order valence-electron chi connectivity index (χ1n) is 7.23. The quantitative estimate of drug-likeness (QED) is 0.803. The summed E-state index contributed by atoms with van der Waals surface area (Å²) in [6, 6.07) is 0. The van der Waals surface area contributed by atoms with Crippen molar-refractivity contribution in [3.63, 3.8) is 0 Å². The van der Waals surface area contributed by atoms with Crippen molar-refractivity contribution in [3.05, 3.63) is 18.1 Å². The van der Waals surface area contributed by atoms with Crippen LogP contribution in [0.1, 0.15) is 32.9 Å². The number of ether oxygens (including phenoxy) is 1. The van der Waals surface area contributed by atoms with Crippen molar-refractivity contribution >= 4 is 17.9 Å². The Kier molecular flexibility index (Phi) is 5.08. The lowest BCUT2D eigenvalue weighted by atomic mass is 10.2. The van der Waals surface area contributed by atoms with Crippen LogP contribution in [0.15, 0.2) is 17.4 Å².